The molecular formula is C26H30N2O6S2. The average Bonchev–Trinajstić information content (AvgIpc) is 2.79. The van der Waals surface area contributed by atoms with E-state index in [1.54, 1.807) is 55.5 Å². The summed E-state index contributed by atoms with van der Waals surface area (Å²) in [7, 11) is -7.64. The van der Waals surface area contributed by atoms with Gasteiger partial charge in [0.1, 0.15) is 0 Å². The lowest BCUT2D eigenvalue weighted by Gasteiger charge is -2.19. The highest BCUT2D eigenvalue weighted by Crippen LogP contribution is 2.24. The van der Waals surface area contributed by atoms with Crippen molar-refractivity contribution >= 4 is 31.7 Å². The van der Waals surface area contributed by atoms with E-state index in [4.69, 9.17) is 0 Å². The Morgan fingerprint density at radius 2 is 1.42 bits per heavy atom. The summed E-state index contributed by atoms with van der Waals surface area (Å²) in [6.07, 6.45) is 0.359. The van der Waals surface area contributed by atoms with E-state index in [1.807, 2.05) is 0 Å². The minimum Gasteiger partial charge on any atom is -0.478 e. The Balaban J connectivity index is 1.61. The topological polar surface area (TPSA) is 130 Å². The predicted octanol–water partition coefficient (Wildman–Crippen LogP) is 4.31. The fraction of sp³-hybridized carbons (Fsp3) is 0.269. The third-order valence-corrected chi connectivity index (χ3v) is 8.55. The maximum atomic E-state index is 12.7. The van der Waals surface area contributed by atoms with Crippen LogP contribution in [0.4, 0.5) is 5.69 Å². The Bertz CT molecular complexity index is 1460. The van der Waals surface area contributed by atoms with Gasteiger partial charge in [0.15, 0.2) is 0 Å². The van der Waals surface area contributed by atoms with Crippen molar-refractivity contribution in [3.05, 3.63) is 89.0 Å². The summed E-state index contributed by atoms with van der Waals surface area (Å²) in [6, 6.07) is 17.4. The number of aryl methyl sites for hydroxylation is 1. The van der Waals surface area contributed by atoms with Gasteiger partial charge in [0.05, 0.1) is 15.4 Å². The van der Waals surface area contributed by atoms with Gasteiger partial charge in [-0.05, 0) is 71.8 Å². The molecule has 3 N–H and O–H groups in total. The molecule has 0 heterocycles. The van der Waals surface area contributed by atoms with Crippen LogP contribution in [0, 0.1) is 6.92 Å². The highest BCUT2D eigenvalue weighted by atomic mass is 32.2. The van der Waals surface area contributed by atoms with Crippen molar-refractivity contribution in [2.45, 2.75) is 49.3 Å². The van der Waals surface area contributed by atoms with Crippen LogP contribution in [0.1, 0.15) is 47.8 Å². The summed E-state index contributed by atoms with van der Waals surface area (Å²) >= 11 is 0. The van der Waals surface area contributed by atoms with Gasteiger partial charge in [-0.1, -0.05) is 51.1 Å². The zero-order chi connectivity index (χ0) is 26.7. The van der Waals surface area contributed by atoms with Gasteiger partial charge in [0, 0.05) is 12.2 Å². The predicted molar refractivity (Wildman–Crippen MR) is 139 cm³/mol. The molecule has 3 aromatic carbocycles. The van der Waals surface area contributed by atoms with Crippen LogP contribution < -0.4 is 9.44 Å². The summed E-state index contributed by atoms with van der Waals surface area (Å²) < 4.78 is 55.6. The second kappa shape index (κ2) is 10.4. The van der Waals surface area contributed by atoms with Gasteiger partial charge in [-0.2, -0.15) is 0 Å². The number of anilines is 1. The van der Waals surface area contributed by atoms with Crippen molar-refractivity contribution in [2.24, 2.45) is 0 Å². The number of rotatable bonds is 9. The molecule has 0 spiro atoms. The number of benzene rings is 3. The van der Waals surface area contributed by atoms with Gasteiger partial charge in [-0.3, -0.25) is 4.72 Å². The standard InChI is InChI=1S/C26H30N2O6S2/c1-18-5-12-23(17-24(18)25(29)30)35(31,32)27-16-15-19-6-10-21(11-7-19)28-36(33,34)22-13-8-20(9-14-22)26(2,3)4/h5-14,17,27-28H,15-16H2,1-4H3,(H,29,30). The molecule has 0 atom stereocenters. The lowest BCUT2D eigenvalue weighted by atomic mass is 9.87. The molecule has 192 valence electrons. The van der Waals surface area contributed by atoms with Crippen molar-refractivity contribution < 1.29 is 26.7 Å². The number of carbonyl (C=O) groups is 1. The van der Waals surface area contributed by atoms with Crippen molar-refractivity contribution in [1.29, 1.82) is 0 Å². The molecule has 0 fully saturated rings. The van der Waals surface area contributed by atoms with Gasteiger partial charge in [0.25, 0.3) is 10.0 Å². The molecule has 0 saturated heterocycles. The summed E-state index contributed by atoms with van der Waals surface area (Å²) in [4.78, 5) is 11.3. The number of aromatic carboxylic acids is 1. The minimum absolute atomic E-state index is 0.0685. The van der Waals surface area contributed by atoms with E-state index in [1.165, 1.54) is 12.1 Å². The molecule has 3 aromatic rings. The van der Waals surface area contributed by atoms with E-state index in [0.717, 1.165) is 17.2 Å². The van der Waals surface area contributed by atoms with Gasteiger partial charge in [-0.15, -0.1) is 0 Å². The van der Waals surface area contributed by atoms with Crippen LogP contribution in [0.25, 0.3) is 0 Å². The monoisotopic (exact) mass is 530 g/mol. The first-order valence-electron chi connectivity index (χ1n) is 11.2. The first-order valence-corrected chi connectivity index (χ1v) is 14.2. The SMILES string of the molecule is Cc1ccc(S(=O)(=O)NCCc2ccc(NS(=O)(=O)c3ccc(C(C)(C)C)cc3)cc2)cc1C(=O)O. The van der Waals surface area contributed by atoms with Crippen molar-refractivity contribution in [1.82, 2.24) is 4.72 Å². The van der Waals surface area contributed by atoms with Crippen LogP contribution >= 0.6 is 0 Å². The number of carboxylic acid groups (broad SMARTS) is 1. The molecule has 0 radical (unpaired) electrons. The second-order valence-corrected chi connectivity index (χ2v) is 13.0. The minimum atomic E-state index is -3.88. The zero-order valence-electron chi connectivity index (χ0n) is 20.6. The van der Waals surface area contributed by atoms with Crippen molar-refractivity contribution in [3.8, 4) is 0 Å². The quantitative estimate of drug-likeness (QED) is 0.378. The lowest BCUT2D eigenvalue weighted by Crippen LogP contribution is -2.26. The largest absolute Gasteiger partial charge is 0.478 e. The summed E-state index contributed by atoms with van der Waals surface area (Å²) in [5.41, 5.74) is 2.54. The van der Waals surface area contributed by atoms with Crippen molar-refractivity contribution in [3.63, 3.8) is 0 Å². The molecule has 3 rings (SSSR count). The number of hydrogen-bond donors (Lipinski definition) is 3. The molecule has 0 aliphatic rings. The first kappa shape index (κ1) is 27.4. The van der Waals surface area contributed by atoms with E-state index in [-0.39, 0.29) is 27.3 Å². The van der Waals surface area contributed by atoms with E-state index in [0.29, 0.717) is 17.7 Å². The molecule has 0 aliphatic heterocycles. The second-order valence-electron chi connectivity index (χ2n) is 9.51. The lowest BCUT2D eigenvalue weighted by molar-refractivity contribution is 0.0696. The highest BCUT2D eigenvalue weighted by Gasteiger charge is 2.19. The molecule has 0 amide bonds. The summed E-state index contributed by atoms with van der Waals surface area (Å²) in [5, 5.41) is 9.22. The summed E-state index contributed by atoms with van der Waals surface area (Å²) in [6.45, 7) is 7.85. The van der Waals surface area contributed by atoms with Crippen LogP contribution in [0.3, 0.4) is 0 Å². The molecule has 0 aliphatic carbocycles. The zero-order valence-corrected chi connectivity index (χ0v) is 22.2. The molecule has 36 heavy (non-hydrogen) atoms. The van der Waals surface area contributed by atoms with Crippen molar-refractivity contribution in [2.75, 3.05) is 11.3 Å². The van der Waals surface area contributed by atoms with Gasteiger partial charge < -0.3 is 5.11 Å². The highest BCUT2D eigenvalue weighted by molar-refractivity contribution is 7.92. The molecule has 0 aromatic heterocycles. The Labute approximate surface area is 212 Å². The summed E-state index contributed by atoms with van der Waals surface area (Å²) in [5.74, 6) is -1.19. The maximum Gasteiger partial charge on any atom is 0.335 e. The number of carboxylic acids is 1. The van der Waals surface area contributed by atoms with Crippen LogP contribution in [0.5, 0.6) is 0 Å². The smallest absolute Gasteiger partial charge is 0.335 e. The first-order chi connectivity index (χ1) is 16.7. The van der Waals surface area contributed by atoms with E-state index >= 15 is 0 Å². The van der Waals surface area contributed by atoms with Crippen LogP contribution in [0.15, 0.2) is 76.5 Å². The van der Waals surface area contributed by atoms with Gasteiger partial charge in [0.2, 0.25) is 10.0 Å². The fourth-order valence-corrected chi connectivity index (χ4v) is 5.62. The van der Waals surface area contributed by atoms with Gasteiger partial charge >= 0.3 is 5.97 Å². The van der Waals surface area contributed by atoms with Crippen LogP contribution in [0.2, 0.25) is 0 Å². The third-order valence-electron chi connectivity index (χ3n) is 5.69. The fourth-order valence-electron chi connectivity index (χ4n) is 3.50. The Hall–Kier alpha value is -3.21. The molecular weight excluding hydrogens is 500 g/mol. The number of sulfonamides is 2. The Morgan fingerprint density at radius 3 is 1.97 bits per heavy atom. The van der Waals surface area contributed by atoms with Crippen LogP contribution in [-0.4, -0.2) is 34.5 Å². The van der Waals surface area contributed by atoms with E-state index in [9.17, 15) is 26.7 Å². The van der Waals surface area contributed by atoms with E-state index < -0.39 is 26.0 Å². The van der Waals surface area contributed by atoms with Gasteiger partial charge in [-0.25, -0.2) is 26.4 Å². The maximum absolute atomic E-state index is 12.7. The molecule has 0 bridgehead atoms. The molecule has 0 saturated carbocycles. The molecule has 8 nitrogen and oxygen atoms in total. The Morgan fingerprint density at radius 1 is 0.833 bits per heavy atom. The van der Waals surface area contributed by atoms with E-state index in [2.05, 4.69) is 30.2 Å². The third kappa shape index (κ3) is 6.71. The van der Waals surface area contributed by atoms with Crippen LogP contribution in [-0.2, 0) is 31.9 Å². The molecule has 0 unspecified atom stereocenters. The normalized spacial score (nSPS) is 12.3. The molecule has 10 heteroatoms. The Kier molecular flexibility index (Phi) is 7.92. The number of nitrogens with one attached hydrogen (secondary N) is 2. The average molecular weight is 531 g/mol. The number of hydrogen-bond acceptors (Lipinski definition) is 5.